The third-order valence-corrected chi connectivity index (χ3v) is 11.3. The number of amides is 1. The topological polar surface area (TPSA) is 145 Å². The Morgan fingerprint density at radius 2 is 1.16 bits per heavy atom. The normalized spacial score (nSPS) is 10.8. The Morgan fingerprint density at radius 1 is 0.653 bits per heavy atom. The second-order valence-corrected chi connectivity index (χ2v) is 14.6. The van der Waals surface area contributed by atoms with Crippen molar-refractivity contribution in [1.29, 1.82) is 0 Å². The molecule has 0 radical (unpaired) electrons. The lowest BCUT2D eigenvalue weighted by Gasteiger charge is -2.04. The fourth-order valence-corrected chi connectivity index (χ4v) is 8.48. The molecular formula is C35H25N7O3S4. The molecule has 0 fully saturated rings. The third-order valence-electron chi connectivity index (χ3n) is 7.08. The molecule has 14 heteroatoms. The molecule has 0 aliphatic rings. The van der Waals surface area contributed by atoms with E-state index in [-0.39, 0.29) is 5.97 Å². The van der Waals surface area contributed by atoms with Crippen LogP contribution in [0.15, 0.2) is 110 Å². The number of carbonyl (C=O) groups excluding carboxylic acids is 2. The van der Waals surface area contributed by atoms with Crippen LogP contribution in [0.1, 0.15) is 19.3 Å². The summed E-state index contributed by atoms with van der Waals surface area (Å²) >= 11 is 5.95. The molecule has 242 valence electrons. The van der Waals surface area contributed by atoms with Crippen molar-refractivity contribution in [3.63, 3.8) is 0 Å². The first-order valence-corrected chi connectivity index (χ1v) is 17.9. The van der Waals surface area contributed by atoms with Gasteiger partial charge in [0, 0.05) is 35.6 Å². The second kappa shape index (κ2) is 14.3. The SMILES string of the molecule is COC(=O)c1cc2c(Nc3ccc(-c4ccccn4)s3)cncc2s1.NC(=O)c1cc2c(Nc3ccc(-c4ccccn4)s3)cncc2s1. The summed E-state index contributed by atoms with van der Waals surface area (Å²) in [6, 6.07) is 23.4. The molecule has 0 bridgehead atoms. The summed E-state index contributed by atoms with van der Waals surface area (Å²) < 4.78 is 6.67. The van der Waals surface area contributed by atoms with Gasteiger partial charge in [0.05, 0.1) is 76.3 Å². The molecule has 0 saturated carbocycles. The Hall–Kier alpha value is -5.54. The Morgan fingerprint density at radius 3 is 1.63 bits per heavy atom. The third kappa shape index (κ3) is 7.17. The van der Waals surface area contributed by atoms with Gasteiger partial charge in [-0.3, -0.25) is 24.7 Å². The molecule has 8 heterocycles. The van der Waals surface area contributed by atoms with Gasteiger partial charge in [0.25, 0.3) is 5.91 Å². The lowest BCUT2D eigenvalue weighted by Crippen LogP contribution is -2.08. The van der Waals surface area contributed by atoms with Crippen molar-refractivity contribution in [2.75, 3.05) is 17.7 Å². The zero-order valence-electron chi connectivity index (χ0n) is 25.6. The summed E-state index contributed by atoms with van der Waals surface area (Å²) in [5, 5.41) is 10.6. The van der Waals surface area contributed by atoms with Gasteiger partial charge in [-0.2, -0.15) is 0 Å². The van der Waals surface area contributed by atoms with Gasteiger partial charge in [0.1, 0.15) is 4.88 Å². The number of hydrogen-bond acceptors (Lipinski definition) is 13. The van der Waals surface area contributed by atoms with Crippen molar-refractivity contribution < 1.29 is 14.3 Å². The minimum Gasteiger partial charge on any atom is -0.465 e. The molecule has 0 aliphatic carbocycles. The number of methoxy groups -OCH3 is 1. The van der Waals surface area contributed by atoms with Crippen molar-refractivity contribution in [2.45, 2.75) is 0 Å². The molecular weight excluding hydrogens is 695 g/mol. The molecule has 10 nitrogen and oxygen atoms in total. The highest BCUT2D eigenvalue weighted by molar-refractivity contribution is 7.21. The summed E-state index contributed by atoms with van der Waals surface area (Å²) in [5.74, 6) is -0.753. The zero-order chi connectivity index (χ0) is 33.7. The fourth-order valence-electron chi connectivity index (χ4n) is 4.81. The van der Waals surface area contributed by atoms with E-state index in [0.717, 1.165) is 62.7 Å². The number of thiophene rings is 4. The van der Waals surface area contributed by atoms with Crippen LogP contribution in [0.2, 0.25) is 0 Å². The predicted molar refractivity (Wildman–Crippen MR) is 201 cm³/mol. The van der Waals surface area contributed by atoms with Gasteiger partial charge < -0.3 is 21.1 Å². The number of primary amides is 1. The van der Waals surface area contributed by atoms with Crippen molar-refractivity contribution in [2.24, 2.45) is 5.73 Å². The number of anilines is 4. The number of nitrogens with one attached hydrogen (secondary N) is 2. The summed E-state index contributed by atoms with van der Waals surface area (Å²) in [6.07, 6.45) is 10.6. The van der Waals surface area contributed by atoms with Gasteiger partial charge in [0.15, 0.2) is 0 Å². The number of aromatic nitrogens is 4. The smallest absolute Gasteiger partial charge is 0.348 e. The molecule has 49 heavy (non-hydrogen) atoms. The summed E-state index contributed by atoms with van der Waals surface area (Å²) in [4.78, 5) is 43.6. The quantitative estimate of drug-likeness (QED) is 0.131. The van der Waals surface area contributed by atoms with Gasteiger partial charge in [-0.05, 0) is 60.7 Å². The molecule has 0 aromatic carbocycles. The van der Waals surface area contributed by atoms with Crippen LogP contribution in [-0.2, 0) is 4.74 Å². The van der Waals surface area contributed by atoms with Gasteiger partial charge in [-0.15, -0.1) is 45.3 Å². The lowest BCUT2D eigenvalue weighted by molar-refractivity contribution is 0.0606. The van der Waals surface area contributed by atoms with E-state index in [9.17, 15) is 9.59 Å². The number of pyridine rings is 4. The average Bonchev–Trinajstić information content (AvgIpc) is 3.96. The van der Waals surface area contributed by atoms with Crippen LogP contribution in [0.25, 0.3) is 41.3 Å². The Balaban J connectivity index is 0.000000154. The van der Waals surface area contributed by atoms with Crippen molar-refractivity contribution in [3.8, 4) is 21.1 Å². The first-order chi connectivity index (χ1) is 23.9. The van der Waals surface area contributed by atoms with Crippen LogP contribution < -0.4 is 16.4 Å². The molecule has 0 spiro atoms. The lowest BCUT2D eigenvalue weighted by atomic mass is 10.2. The highest BCUT2D eigenvalue weighted by atomic mass is 32.1. The molecule has 0 aliphatic heterocycles. The number of fused-ring (bicyclic) bond motifs is 2. The Labute approximate surface area is 295 Å². The largest absolute Gasteiger partial charge is 0.465 e. The maximum atomic E-state index is 11.8. The van der Waals surface area contributed by atoms with Crippen LogP contribution >= 0.6 is 45.3 Å². The molecule has 0 atom stereocenters. The molecule has 1 amide bonds. The van der Waals surface area contributed by atoms with E-state index in [1.165, 1.54) is 29.8 Å². The van der Waals surface area contributed by atoms with Gasteiger partial charge >= 0.3 is 5.97 Å². The predicted octanol–water partition coefficient (Wildman–Crippen LogP) is 9.21. The minimum atomic E-state index is -0.421. The van der Waals surface area contributed by atoms with Crippen molar-refractivity contribution in [1.82, 2.24) is 19.9 Å². The second-order valence-electron chi connectivity index (χ2n) is 10.3. The molecule has 8 rings (SSSR count). The fraction of sp³-hybridized carbons (Fsp3) is 0.0286. The van der Waals surface area contributed by atoms with Crippen LogP contribution in [0.4, 0.5) is 21.4 Å². The van der Waals surface area contributed by atoms with Gasteiger partial charge in [0.2, 0.25) is 0 Å². The van der Waals surface area contributed by atoms with E-state index in [2.05, 4.69) is 30.6 Å². The first kappa shape index (κ1) is 32.0. The highest BCUT2D eigenvalue weighted by Gasteiger charge is 2.14. The van der Waals surface area contributed by atoms with Crippen LogP contribution in [0, 0.1) is 0 Å². The Bertz CT molecular complexity index is 2400. The molecule has 0 saturated heterocycles. The Kier molecular flexibility index (Phi) is 9.34. The van der Waals surface area contributed by atoms with E-state index in [4.69, 9.17) is 10.5 Å². The van der Waals surface area contributed by atoms with Crippen LogP contribution in [0.3, 0.4) is 0 Å². The van der Waals surface area contributed by atoms with E-state index in [1.54, 1.807) is 65.9 Å². The minimum absolute atomic E-state index is 0.333. The van der Waals surface area contributed by atoms with Gasteiger partial charge in [-0.25, -0.2) is 4.79 Å². The number of hydrogen-bond donors (Lipinski definition) is 3. The summed E-state index contributed by atoms with van der Waals surface area (Å²) in [6.45, 7) is 0. The number of carbonyl (C=O) groups is 2. The van der Waals surface area contributed by atoms with E-state index >= 15 is 0 Å². The maximum absolute atomic E-state index is 11.8. The number of nitrogens with zero attached hydrogens (tertiary/aromatic N) is 4. The molecule has 8 aromatic heterocycles. The van der Waals surface area contributed by atoms with E-state index in [1.807, 2.05) is 66.7 Å². The average molecular weight is 720 g/mol. The molecule has 0 unspecified atom stereocenters. The molecule has 4 N–H and O–H groups in total. The van der Waals surface area contributed by atoms with Crippen LogP contribution in [-0.4, -0.2) is 38.9 Å². The summed E-state index contributed by atoms with van der Waals surface area (Å²) in [7, 11) is 1.38. The summed E-state index contributed by atoms with van der Waals surface area (Å²) in [5.41, 5.74) is 8.97. The molecule has 8 aromatic rings. The van der Waals surface area contributed by atoms with Crippen LogP contribution in [0.5, 0.6) is 0 Å². The standard InChI is InChI=1S/C18H13N3O2S2.C17H12N4OS2/c1-23-18(22)15-8-11-13(9-19-10-16(11)24-15)21-17-6-5-14(25-17)12-4-2-3-7-20-12;18-17(22)14-7-10-12(8-19-9-15(10)23-14)21-16-5-4-13(24-16)11-3-1-2-6-20-11/h2-10,21H,1H3;1-9,21H,(H2,18,22). The number of ether oxygens (including phenoxy) is 1. The van der Waals surface area contributed by atoms with Crippen molar-refractivity contribution >= 4 is 98.8 Å². The van der Waals surface area contributed by atoms with E-state index in [0.29, 0.717) is 9.75 Å². The maximum Gasteiger partial charge on any atom is 0.348 e. The monoisotopic (exact) mass is 719 g/mol. The van der Waals surface area contributed by atoms with Gasteiger partial charge in [-0.1, -0.05) is 12.1 Å². The number of rotatable bonds is 8. The highest BCUT2D eigenvalue weighted by Crippen LogP contribution is 2.37. The zero-order valence-corrected chi connectivity index (χ0v) is 28.9. The van der Waals surface area contributed by atoms with Crippen molar-refractivity contribution in [3.05, 3.63) is 120 Å². The number of esters is 1. The number of nitrogens with two attached hydrogens (primary N) is 1. The van der Waals surface area contributed by atoms with E-state index < -0.39 is 5.91 Å². The first-order valence-electron chi connectivity index (χ1n) is 14.6.